The summed E-state index contributed by atoms with van der Waals surface area (Å²) in [4.78, 5) is 14.0. The number of rotatable bonds is 4. The molecule has 0 bridgehead atoms. The minimum Gasteiger partial charge on any atom is -0.435 e. The van der Waals surface area contributed by atoms with Crippen molar-refractivity contribution in [3.05, 3.63) is 71.1 Å². The predicted octanol–water partition coefficient (Wildman–Crippen LogP) is 5.62. The summed E-state index contributed by atoms with van der Waals surface area (Å²) in [6, 6.07) is 15.8. The van der Waals surface area contributed by atoms with Gasteiger partial charge < -0.3 is 10.5 Å². The van der Waals surface area contributed by atoms with Gasteiger partial charge in [0.1, 0.15) is 22.6 Å². The van der Waals surface area contributed by atoms with Gasteiger partial charge in [0.2, 0.25) is 5.88 Å². The zero-order chi connectivity index (χ0) is 18.8. The summed E-state index contributed by atoms with van der Waals surface area (Å²) in [7, 11) is 0. The molecule has 134 valence electrons. The molecule has 2 N–H and O–H groups in total. The number of hydrogen-bond acceptors (Lipinski definition) is 6. The molecule has 0 aliphatic rings. The monoisotopic (exact) mass is 438 g/mol. The van der Waals surface area contributed by atoms with E-state index in [1.807, 2.05) is 36.4 Å². The normalized spacial score (nSPS) is 10.9. The second-order valence-corrected chi connectivity index (χ2v) is 7.78. The van der Waals surface area contributed by atoms with Gasteiger partial charge in [0.15, 0.2) is 5.75 Å². The first-order valence-electron chi connectivity index (χ1n) is 8.18. The molecule has 0 unspecified atom stereocenters. The Balaban J connectivity index is 1.68. The van der Waals surface area contributed by atoms with Crippen LogP contribution < -0.4 is 10.5 Å². The maximum absolute atomic E-state index is 6.28. The summed E-state index contributed by atoms with van der Waals surface area (Å²) < 4.78 is 6.95. The van der Waals surface area contributed by atoms with Crippen LogP contribution in [0.2, 0.25) is 0 Å². The number of fused-ring (bicyclic) bond motifs is 1. The Morgan fingerprint density at radius 1 is 1.00 bits per heavy atom. The Morgan fingerprint density at radius 3 is 2.63 bits per heavy atom. The highest BCUT2D eigenvalue weighted by Crippen LogP contribution is 2.38. The van der Waals surface area contributed by atoms with E-state index in [2.05, 4.69) is 49.9 Å². The average Bonchev–Trinajstić information content (AvgIpc) is 2.69. The fourth-order valence-electron chi connectivity index (χ4n) is 2.54. The van der Waals surface area contributed by atoms with Crippen molar-refractivity contribution in [3.8, 4) is 11.6 Å². The van der Waals surface area contributed by atoms with Crippen LogP contribution in [-0.2, 0) is 0 Å². The summed E-state index contributed by atoms with van der Waals surface area (Å²) in [6.07, 6.45) is 3.18. The first-order chi connectivity index (χ1) is 13.1. The highest BCUT2D eigenvalue weighted by atomic mass is 79.9. The average molecular weight is 439 g/mol. The molecule has 4 aromatic rings. The lowest BCUT2D eigenvalue weighted by Gasteiger charge is -2.12. The molecular formula is C20H15BrN4OS. The predicted molar refractivity (Wildman–Crippen MR) is 111 cm³/mol. The summed E-state index contributed by atoms with van der Waals surface area (Å²) in [6.45, 7) is 2.05. The van der Waals surface area contributed by atoms with Gasteiger partial charge in [0, 0.05) is 21.0 Å². The van der Waals surface area contributed by atoms with E-state index in [0.717, 1.165) is 20.3 Å². The van der Waals surface area contributed by atoms with Crippen molar-refractivity contribution in [2.75, 3.05) is 5.73 Å². The lowest BCUT2D eigenvalue weighted by molar-refractivity contribution is 0.466. The Labute approximate surface area is 169 Å². The summed E-state index contributed by atoms with van der Waals surface area (Å²) in [5.41, 5.74) is 8.62. The molecule has 0 saturated carbocycles. The van der Waals surface area contributed by atoms with E-state index in [1.54, 1.807) is 6.20 Å². The van der Waals surface area contributed by atoms with Gasteiger partial charge in [-0.05, 0) is 37.3 Å². The molecule has 2 aromatic heterocycles. The standard InChI is InChI=1S/C20H15BrN4OS/c1-12-4-6-13(7-5-12)27-20-17(22)19(24-11-25-20)26-16-9-8-15(21)14-3-2-10-23-18(14)16/h2-11H,22H2,1H3. The third-order valence-electron chi connectivity index (χ3n) is 3.93. The number of benzene rings is 2. The van der Waals surface area contributed by atoms with E-state index < -0.39 is 0 Å². The van der Waals surface area contributed by atoms with E-state index in [4.69, 9.17) is 10.5 Å². The fraction of sp³-hybridized carbons (Fsp3) is 0.0500. The largest absolute Gasteiger partial charge is 0.435 e. The van der Waals surface area contributed by atoms with Gasteiger partial charge in [0.25, 0.3) is 0 Å². The molecule has 4 rings (SSSR count). The fourth-order valence-corrected chi connectivity index (χ4v) is 3.79. The lowest BCUT2D eigenvalue weighted by atomic mass is 10.2. The van der Waals surface area contributed by atoms with Crippen LogP contribution >= 0.6 is 27.7 Å². The quantitative estimate of drug-likeness (QED) is 0.416. The number of aromatic nitrogens is 3. The van der Waals surface area contributed by atoms with Gasteiger partial charge in [0.05, 0.1) is 0 Å². The third kappa shape index (κ3) is 3.74. The highest BCUT2D eigenvalue weighted by Gasteiger charge is 2.14. The molecule has 0 fully saturated rings. The van der Waals surface area contributed by atoms with Gasteiger partial charge in [-0.15, -0.1) is 0 Å². The minimum absolute atomic E-state index is 0.314. The van der Waals surface area contributed by atoms with Crippen LogP contribution in [-0.4, -0.2) is 15.0 Å². The van der Waals surface area contributed by atoms with Crippen LogP contribution in [0.1, 0.15) is 5.56 Å². The number of aryl methyl sites for hydroxylation is 1. The second kappa shape index (κ2) is 7.54. The topological polar surface area (TPSA) is 73.9 Å². The smallest absolute Gasteiger partial charge is 0.247 e. The van der Waals surface area contributed by atoms with Crippen molar-refractivity contribution in [1.29, 1.82) is 0 Å². The van der Waals surface area contributed by atoms with E-state index in [9.17, 15) is 0 Å². The molecule has 0 saturated heterocycles. The minimum atomic E-state index is 0.314. The van der Waals surface area contributed by atoms with Gasteiger partial charge in [-0.1, -0.05) is 51.5 Å². The van der Waals surface area contributed by atoms with Crippen LogP contribution in [0, 0.1) is 6.92 Å². The van der Waals surface area contributed by atoms with Crippen molar-refractivity contribution >= 4 is 44.3 Å². The summed E-state index contributed by atoms with van der Waals surface area (Å²) in [5, 5.41) is 1.61. The number of nitrogens with zero attached hydrogens (tertiary/aromatic N) is 3. The zero-order valence-electron chi connectivity index (χ0n) is 14.4. The molecule has 0 spiro atoms. The van der Waals surface area contributed by atoms with Crippen molar-refractivity contribution in [3.63, 3.8) is 0 Å². The van der Waals surface area contributed by atoms with Gasteiger partial charge in [-0.2, -0.15) is 4.98 Å². The van der Waals surface area contributed by atoms with Crippen molar-refractivity contribution < 1.29 is 4.74 Å². The molecule has 27 heavy (non-hydrogen) atoms. The highest BCUT2D eigenvalue weighted by molar-refractivity contribution is 9.10. The third-order valence-corrected chi connectivity index (χ3v) is 5.65. The van der Waals surface area contributed by atoms with Crippen LogP contribution in [0.5, 0.6) is 11.6 Å². The molecule has 0 aliphatic carbocycles. The summed E-state index contributed by atoms with van der Waals surface area (Å²) in [5.74, 6) is 0.902. The molecule has 0 aliphatic heterocycles. The van der Waals surface area contributed by atoms with Crippen molar-refractivity contribution in [1.82, 2.24) is 15.0 Å². The van der Waals surface area contributed by atoms with Crippen molar-refractivity contribution in [2.24, 2.45) is 0 Å². The molecule has 0 radical (unpaired) electrons. The Morgan fingerprint density at radius 2 is 1.81 bits per heavy atom. The molecule has 2 aromatic carbocycles. The first kappa shape index (κ1) is 17.8. The van der Waals surface area contributed by atoms with E-state index in [-0.39, 0.29) is 0 Å². The van der Waals surface area contributed by atoms with Gasteiger partial charge in [-0.3, -0.25) is 4.98 Å². The Bertz CT molecular complexity index is 1120. The lowest BCUT2D eigenvalue weighted by Crippen LogP contribution is -2.00. The molecular weight excluding hydrogens is 424 g/mol. The second-order valence-electron chi connectivity index (χ2n) is 5.86. The van der Waals surface area contributed by atoms with E-state index in [1.165, 1.54) is 23.7 Å². The number of pyridine rings is 1. The van der Waals surface area contributed by atoms with E-state index >= 15 is 0 Å². The number of hydrogen-bond donors (Lipinski definition) is 1. The Hall–Kier alpha value is -2.64. The van der Waals surface area contributed by atoms with E-state index in [0.29, 0.717) is 22.3 Å². The molecule has 2 heterocycles. The van der Waals surface area contributed by atoms with Crippen LogP contribution in [0.4, 0.5) is 5.69 Å². The number of nitrogen functional groups attached to an aromatic ring is 1. The first-order valence-corrected chi connectivity index (χ1v) is 9.79. The van der Waals surface area contributed by atoms with Crippen molar-refractivity contribution in [2.45, 2.75) is 16.8 Å². The molecule has 0 amide bonds. The summed E-state index contributed by atoms with van der Waals surface area (Å²) >= 11 is 5.01. The SMILES string of the molecule is Cc1ccc(Sc2ncnc(Oc3ccc(Br)c4cccnc34)c2N)cc1. The maximum Gasteiger partial charge on any atom is 0.247 e. The van der Waals surface area contributed by atoms with Gasteiger partial charge in [-0.25, -0.2) is 4.98 Å². The zero-order valence-corrected chi connectivity index (χ0v) is 16.8. The number of ether oxygens (including phenoxy) is 1. The van der Waals surface area contributed by atoms with Crippen LogP contribution in [0.15, 0.2) is 75.4 Å². The number of nitrogens with two attached hydrogens (primary N) is 1. The molecule has 5 nitrogen and oxygen atoms in total. The van der Waals surface area contributed by atoms with Gasteiger partial charge >= 0.3 is 0 Å². The Kier molecular flexibility index (Phi) is 4.96. The number of anilines is 1. The number of halogens is 1. The van der Waals surface area contributed by atoms with Crippen LogP contribution in [0.25, 0.3) is 10.9 Å². The molecule has 0 atom stereocenters. The maximum atomic E-state index is 6.28. The molecule has 7 heteroatoms. The van der Waals surface area contributed by atoms with Crippen LogP contribution in [0.3, 0.4) is 0 Å².